The number of hydrogen-bond donors (Lipinski definition) is 1. The number of guanidine groups is 1. The molecule has 0 heterocycles. The average molecular weight is 159 g/mol. The van der Waals surface area contributed by atoms with Crippen molar-refractivity contribution < 1.29 is 4.74 Å². The molecule has 0 aromatic heterocycles. The Hall–Kier alpha value is -0.770. The maximum atomic E-state index is 5.57. The maximum absolute atomic E-state index is 5.57. The summed E-state index contributed by atoms with van der Waals surface area (Å²) in [5.74, 6) is 0.537. The molecule has 0 aromatic carbocycles. The van der Waals surface area contributed by atoms with E-state index in [1.807, 2.05) is 18.9 Å². The Kier molecular flexibility index (Phi) is 4.61. The summed E-state index contributed by atoms with van der Waals surface area (Å²) in [6.07, 6.45) is 0. The lowest BCUT2D eigenvalue weighted by molar-refractivity contribution is 0.145. The minimum atomic E-state index is 0.267. The SMILES string of the molecule is CN=C(N)N(C)C(C)COC. The minimum Gasteiger partial charge on any atom is -0.383 e. The van der Waals surface area contributed by atoms with E-state index < -0.39 is 0 Å². The van der Waals surface area contributed by atoms with Gasteiger partial charge in [-0.2, -0.15) is 0 Å². The van der Waals surface area contributed by atoms with Gasteiger partial charge in [0.25, 0.3) is 0 Å². The minimum absolute atomic E-state index is 0.267. The molecule has 4 heteroatoms. The molecule has 0 saturated heterocycles. The van der Waals surface area contributed by atoms with Crippen molar-refractivity contribution in [2.24, 2.45) is 10.7 Å². The van der Waals surface area contributed by atoms with Gasteiger partial charge in [-0.15, -0.1) is 0 Å². The molecule has 11 heavy (non-hydrogen) atoms. The third-order valence-electron chi connectivity index (χ3n) is 1.66. The van der Waals surface area contributed by atoms with Crippen molar-refractivity contribution in [1.29, 1.82) is 0 Å². The second-order valence-electron chi connectivity index (χ2n) is 2.50. The summed E-state index contributed by atoms with van der Waals surface area (Å²) in [4.78, 5) is 5.73. The fraction of sp³-hybridized carbons (Fsp3) is 0.857. The Morgan fingerprint density at radius 3 is 2.64 bits per heavy atom. The first-order valence-electron chi connectivity index (χ1n) is 3.57. The highest BCUT2D eigenvalue weighted by atomic mass is 16.5. The van der Waals surface area contributed by atoms with Crippen molar-refractivity contribution in [3.63, 3.8) is 0 Å². The van der Waals surface area contributed by atoms with Crippen molar-refractivity contribution >= 4 is 5.96 Å². The number of ether oxygens (including phenoxy) is 1. The van der Waals surface area contributed by atoms with Gasteiger partial charge in [0.2, 0.25) is 0 Å². The van der Waals surface area contributed by atoms with E-state index in [0.29, 0.717) is 12.6 Å². The van der Waals surface area contributed by atoms with Gasteiger partial charge in [0, 0.05) is 21.2 Å². The van der Waals surface area contributed by atoms with Crippen LogP contribution in [0.4, 0.5) is 0 Å². The van der Waals surface area contributed by atoms with Crippen molar-refractivity contribution in [2.75, 3.05) is 27.8 Å². The summed E-state index contributed by atoms with van der Waals surface area (Å²) in [5, 5.41) is 0. The van der Waals surface area contributed by atoms with Crippen molar-refractivity contribution in [3.8, 4) is 0 Å². The monoisotopic (exact) mass is 159 g/mol. The zero-order valence-electron chi connectivity index (χ0n) is 7.66. The van der Waals surface area contributed by atoms with Crippen LogP contribution >= 0.6 is 0 Å². The molecular weight excluding hydrogens is 142 g/mol. The zero-order chi connectivity index (χ0) is 8.85. The summed E-state index contributed by atoms with van der Waals surface area (Å²) in [6, 6.07) is 0.267. The zero-order valence-corrected chi connectivity index (χ0v) is 7.66. The van der Waals surface area contributed by atoms with Crippen LogP contribution in [0.1, 0.15) is 6.92 Å². The van der Waals surface area contributed by atoms with Gasteiger partial charge in [-0.3, -0.25) is 4.99 Å². The molecule has 4 nitrogen and oxygen atoms in total. The molecule has 0 rings (SSSR count). The van der Waals surface area contributed by atoms with Crippen LogP contribution in [-0.4, -0.2) is 44.7 Å². The fourth-order valence-electron chi connectivity index (χ4n) is 0.737. The van der Waals surface area contributed by atoms with Crippen molar-refractivity contribution in [1.82, 2.24) is 4.90 Å². The molecular formula is C7H17N3O. The molecule has 0 aliphatic carbocycles. The third-order valence-corrected chi connectivity index (χ3v) is 1.66. The number of methoxy groups -OCH3 is 1. The predicted molar refractivity (Wildman–Crippen MR) is 46.6 cm³/mol. The Morgan fingerprint density at radius 1 is 1.73 bits per heavy atom. The van der Waals surface area contributed by atoms with Crippen LogP contribution in [-0.2, 0) is 4.74 Å². The molecule has 0 aromatic rings. The molecule has 1 atom stereocenters. The number of likely N-dealkylation sites (N-methyl/N-ethyl adjacent to an activating group) is 1. The van der Waals surface area contributed by atoms with E-state index in [0.717, 1.165) is 0 Å². The number of nitrogens with zero attached hydrogens (tertiary/aromatic N) is 2. The third kappa shape index (κ3) is 3.23. The Morgan fingerprint density at radius 2 is 2.27 bits per heavy atom. The van der Waals surface area contributed by atoms with E-state index in [1.165, 1.54) is 0 Å². The molecule has 0 spiro atoms. The molecule has 1 unspecified atom stereocenters. The first-order valence-corrected chi connectivity index (χ1v) is 3.57. The van der Waals surface area contributed by atoms with E-state index in [-0.39, 0.29) is 6.04 Å². The van der Waals surface area contributed by atoms with Gasteiger partial charge >= 0.3 is 0 Å². The molecule has 2 N–H and O–H groups in total. The summed E-state index contributed by atoms with van der Waals surface area (Å²) >= 11 is 0. The number of nitrogens with two attached hydrogens (primary N) is 1. The highest BCUT2D eigenvalue weighted by Crippen LogP contribution is 1.94. The molecule has 0 bridgehead atoms. The van der Waals surface area contributed by atoms with Crippen LogP contribution < -0.4 is 5.73 Å². The Bertz CT molecular complexity index is 136. The second kappa shape index (κ2) is 4.96. The average Bonchev–Trinajstić information content (AvgIpc) is 2.02. The van der Waals surface area contributed by atoms with Gasteiger partial charge in [-0.25, -0.2) is 0 Å². The molecule has 0 amide bonds. The lowest BCUT2D eigenvalue weighted by Crippen LogP contribution is -2.42. The topological polar surface area (TPSA) is 50.8 Å². The standard InChI is InChI=1S/C7H17N3O/c1-6(5-11-4)10(3)7(8)9-2/h6H,5H2,1-4H3,(H2,8,9). The molecule has 0 saturated carbocycles. The van der Waals surface area contributed by atoms with E-state index in [9.17, 15) is 0 Å². The largest absolute Gasteiger partial charge is 0.383 e. The summed E-state index contributed by atoms with van der Waals surface area (Å²) in [6.45, 7) is 2.69. The summed E-state index contributed by atoms with van der Waals surface area (Å²) in [7, 11) is 5.24. The summed E-state index contributed by atoms with van der Waals surface area (Å²) < 4.78 is 4.97. The number of aliphatic imine (C=N–C) groups is 1. The predicted octanol–water partition coefficient (Wildman–Crippen LogP) is -0.102. The molecule has 0 radical (unpaired) electrons. The maximum Gasteiger partial charge on any atom is 0.191 e. The first kappa shape index (κ1) is 10.2. The van der Waals surface area contributed by atoms with Gasteiger partial charge < -0.3 is 15.4 Å². The smallest absolute Gasteiger partial charge is 0.191 e. The van der Waals surface area contributed by atoms with Crippen molar-refractivity contribution in [3.05, 3.63) is 0 Å². The highest BCUT2D eigenvalue weighted by Gasteiger charge is 2.09. The fourth-order valence-corrected chi connectivity index (χ4v) is 0.737. The van der Waals surface area contributed by atoms with Gasteiger partial charge in [-0.1, -0.05) is 0 Å². The quantitative estimate of drug-likeness (QED) is 0.462. The second-order valence-corrected chi connectivity index (χ2v) is 2.50. The molecule has 0 fully saturated rings. The summed E-state index contributed by atoms with van der Waals surface area (Å²) in [5.41, 5.74) is 5.57. The lowest BCUT2D eigenvalue weighted by atomic mass is 10.3. The van der Waals surface area contributed by atoms with Crippen LogP contribution in [0, 0.1) is 0 Å². The lowest BCUT2D eigenvalue weighted by Gasteiger charge is -2.24. The van der Waals surface area contributed by atoms with Crippen LogP contribution in [0.15, 0.2) is 4.99 Å². The van der Waals surface area contributed by atoms with Gasteiger partial charge in [0.15, 0.2) is 5.96 Å². The normalized spacial score (nSPS) is 14.7. The van der Waals surface area contributed by atoms with Gasteiger partial charge in [-0.05, 0) is 6.92 Å². The molecule has 0 aliphatic rings. The Balaban J connectivity index is 3.91. The van der Waals surface area contributed by atoms with Gasteiger partial charge in [0.1, 0.15) is 0 Å². The first-order chi connectivity index (χ1) is 5.13. The van der Waals surface area contributed by atoms with Crippen LogP contribution in [0.3, 0.4) is 0 Å². The van der Waals surface area contributed by atoms with Crippen LogP contribution in [0.5, 0.6) is 0 Å². The Labute approximate surface area is 68.0 Å². The molecule has 0 aliphatic heterocycles. The van der Waals surface area contributed by atoms with Crippen LogP contribution in [0.25, 0.3) is 0 Å². The van der Waals surface area contributed by atoms with E-state index in [1.54, 1.807) is 14.2 Å². The van der Waals surface area contributed by atoms with E-state index in [4.69, 9.17) is 10.5 Å². The van der Waals surface area contributed by atoms with E-state index in [2.05, 4.69) is 4.99 Å². The van der Waals surface area contributed by atoms with Crippen molar-refractivity contribution in [2.45, 2.75) is 13.0 Å². The van der Waals surface area contributed by atoms with Gasteiger partial charge in [0.05, 0.1) is 12.6 Å². The number of hydrogen-bond acceptors (Lipinski definition) is 2. The molecule has 66 valence electrons. The number of rotatable bonds is 3. The van der Waals surface area contributed by atoms with E-state index >= 15 is 0 Å². The van der Waals surface area contributed by atoms with Crippen LogP contribution in [0.2, 0.25) is 0 Å². The highest BCUT2D eigenvalue weighted by molar-refractivity contribution is 5.77.